The smallest absolute Gasteiger partial charge is 0.353 e. The number of hydrogen-bond donors (Lipinski definition) is 1. The first-order valence-corrected chi connectivity index (χ1v) is 4.13. The highest BCUT2D eigenvalue weighted by atomic mass is 35.5. The number of hydrogen-bond acceptors (Lipinski definition) is 6. The van der Waals surface area contributed by atoms with Crippen molar-refractivity contribution in [1.82, 2.24) is 0 Å². The molecule has 82 valence electrons. The molecular weight excluding hydrogens is 239 g/mol. The second-order valence-electron chi connectivity index (χ2n) is 2.13. The Labute approximate surface area is 90.0 Å². The fraction of sp³-hybridized carbons (Fsp3) is 0.667. The van der Waals surface area contributed by atoms with E-state index in [0.717, 1.165) is 0 Å². The van der Waals surface area contributed by atoms with Crippen molar-refractivity contribution in [2.24, 2.45) is 0 Å². The quantitative estimate of drug-likeness (QED) is 0.719. The molecule has 14 heavy (non-hydrogen) atoms. The standard InChI is InChI=1S/C6H8Cl2O6/c7-13-5(10)3-4(6(11)14-8)12-2-1-9/h4,9H,1-3H2. The minimum Gasteiger partial charge on any atom is -0.394 e. The molecule has 0 rings (SSSR count). The Kier molecular flexibility index (Phi) is 7.50. The summed E-state index contributed by atoms with van der Waals surface area (Å²) >= 11 is 9.51. The van der Waals surface area contributed by atoms with E-state index >= 15 is 0 Å². The first-order chi connectivity index (χ1) is 6.65. The van der Waals surface area contributed by atoms with E-state index in [2.05, 4.69) is 8.58 Å². The summed E-state index contributed by atoms with van der Waals surface area (Å²) < 4.78 is 12.4. The number of carbonyl (C=O) groups is 2. The van der Waals surface area contributed by atoms with Gasteiger partial charge in [0.1, 0.15) is 23.7 Å². The van der Waals surface area contributed by atoms with Crippen LogP contribution in [0.15, 0.2) is 0 Å². The van der Waals surface area contributed by atoms with Gasteiger partial charge in [0.15, 0.2) is 6.10 Å². The fourth-order valence-corrected chi connectivity index (χ4v) is 0.800. The number of ether oxygens (including phenoxy) is 1. The molecule has 1 unspecified atom stereocenters. The third kappa shape index (κ3) is 5.23. The van der Waals surface area contributed by atoms with E-state index in [0.29, 0.717) is 0 Å². The van der Waals surface area contributed by atoms with E-state index in [1.807, 2.05) is 0 Å². The number of aliphatic hydroxyl groups is 1. The summed E-state index contributed by atoms with van der Waals surface area (Å²) in [7, 11) is 0. The molecule has 8 heteroatoms. The van der Waals surface area contributed by atoms with Gasteiger partial charge in [0, 0.05) is 0 Å². The minimum absolute atomic E-state index is 0.133. The van der Waals surface area contributed by atoms with Crippen molar-refractivity contribution in [3.05, 3.63) is 0 Å². The van der Waals surface area contributed by atoms with Crippen LogP contribution in [0.4, 0.5) is 0 Å². The summed E-state index contributed by atoms with van der Waals surface area (Å²) in [5.74, 6) is -1.82. The van der Waals surface area contributed by atoms with Crippen molar-refractivity contribution in [3.63, 3.8) is 0 Å². The zero-order chi connectivity index (χ0) is 11.0. The topological polar surface area (TPSA) is 82.1 Å². The average molecular weight is 247 g/mol. The van der Waals surface area contributed by atoms with Crippen molar-refractivity contribution in [3.8, 4) is 0 Å². The molecule has 0 bridgehead atoms. The van der Waals surface area contributed by atoms with E-state index in [1.54, 1.807) is 0 Å². The maximum absolute atomic E-state index is 10.9. The van der Waals surface area contributed by atoms with Crippen LogP contribution in [-0.4, -0.2) is 36.4 Å². The molecule has 0 radical (unpaired) electrons. The Balaban J connectivity index is 4.09. The largest absolute Gasteiger partial charge is 0.394 e. The zero-order valence-corrected chi connectivity index (χ0v) is 8.45. The highest BCUT2D eigenvalue weighted by Gasteiger charge is 2.25. The molecule has 0 aliphatic carbocycles. The number of rotatable bonds is 6. The van der Waals surface area contributed by atoms with Gasteiger partial charge in [-0.3, -0.25) is 4.79 Å². The van der Waals surface area contributed by atoms with Gasteiger partial charge in [-0.25, -0.2) is 4.79 Å². The average Bonchev–Trinajstić information content (AvgIpc) is 2.22. The first kappa shape index (κ1) is 13.4. The molecule has 0 fully saturated rings. The molecule has 0 spiro atoms. The van der Waals surface area contributed by atoms with Gasteiger partial charge in [-0.15, -0.1) is 0 Å². The third-order valence-corrected chi connectivity index (χ3v) is 1.51. The van der Waals surface area contributed by atoms with Gasteiger partial charge < -0.3 is 18.4 Å². The van der Waals surface area contributed by atoms with Crippen molar-refractivity contribution in [2.75, 3.05) is 13.2 Å². The van der Waals surface area contributed by atoms with E-state index in [4.69, 9.17) is 33.6 Å². The van der Waals surface area contributed by atoms with E-state index in [1.165, 1.54) is 0 Å². The highest BCUT2D eigenvalue weighted by Crippen LogP contribution is 2.05. The van der Waals surface area contributed by atoms with E-state index in [-0.39, 0.29) is 13.2 Å². The Morgan fingerprint density at radius 1 is 1.29 bits per heavy atom. The zero-order valence-electron chi connectivity index (χ0n) is 6.94. The second kappa shape index (κ2) is 7.81. The predicted molar refractivity (Wildman–Crippen MR) is 45.3 cm³/mol. The molecular formula is C6H8Cl2O6. The molecule has 0 heterocycles. The summed E-state index contributed by atoms with van der Waals surface area (Å²) in [4.78, 5) is 21.5. The fourth-order valence-electron chi connectivity index (χ4n) is 0.638. The van der Waals surface area contributed by atoms with Crippen LogP contribution >= 0.6 is 23.7 Å². The van der Waals surface area contributed by atoms with Crippen LogP contribution in [0.2, 0.25) is 0 Å². The SMILES string of the molecule is O=C(CC(OCCO)C(=O)OCl)OCl. The lowest BCUT2D eigenvalue weighted by molar-refractivity contribution is -0.153. The maximum atomic E-state index is 10.9. The van der Waals surface area contributed by atoms with Crippen LogP contribution in [0.25, 0.3) is 0 Å². The molecule has 1 atom stereocenters. The monoisotopic (exact) mass is 246 g/mol. The van der Waals surface area contributed by atoms with Crippen LogP contribution < -0.4 is 0 Å². The molecule has 0 aliphatic rings. The van der Waals surface area contributed by atoms with Crippen molar-refractivity contribution in [1.29, 1.82) is 0 Å². The van der Waals surface area contributed by atoms with Gasteiger partial charge in [-0.05, 0) is 0 Å². The van der Waals surface area contributed by atoms with Crippen molar-refractivity contribution >= 4 is 35.7 Å². The number of halogens is 2. The molecule has 6 nitrogen and oxygen atoms in total. The lowest BCUT2D eigenvalue weighted by atomic mass is 10.2. The molecule has 0 saturated carbocycles. The van der Waals surface area contributed by atoms with Crippen LogP contribution in [0.3, 0.4) is 0 Å². The van der Waals surface area contributed by atoms with Gasteiger partial charge in [0.05, 0.1) is 19.6 Å². The lowest BCUT2D eigenvalue weighted by Crippen LogP contribution is -2.28. The van der Waals surface area contributed by atoms with Crippen molar-refractivity contribution < 1.29 is 28.0 Å². The summed E-state index contributed by atoms with van der Waals surface area (Å²) in [6.45, 7) is -0.436. The van der Waals surface area contributed by atoms with Gasteiger partial charge in [-0.1, -0.05) is 0 Å². The van der Waals surface area contributed by atoms with Crippen molar-refractivity contribution in [2.45, 2.75) is 12.5 Å². The van der Waals surface area contributed by atoms with E-state index in [9.17, 15) is 9.59 Å². The van der Waals surface area contributed by atoms with Gasteiger partial charge in [-0.2, -0.15) is 0 Å². The minimum atomic E-state index is -1.23. The highest BCUT2D eigenvalue weighted by molar-refractivity contribution is 6.14. The Bertz CT molecular complexity index is 197. The summed E-state index contributed by atoms with van der Waals surface area (Å²) in [5, 5.41) is 8.41. The Hall–Kier alpha value is -0.560. The molecule has 0 amide bonds. The maximum Gasteiger partial charge on any atom is 0.353 e. The van der Waals surface area contributed by atoms with Crippen LogP contribution in [0, 0.1) is 0 Å². The van der Waals surface area contributed by atoms with Crippen LogP contribution in [0.1, 0.15) is 6.42 Å². The molecule has 0 aromatic rings. The normalized spacial score (nSPS) is 11.9. The van der Waals surface area contributed by atoms with Crippen LogP contribution in [-0.2, 0) is 22.9 Å². The number of aliphatic hydroxyl groups excluding tert-OH is 1. The Morgan fingerprint density at radius 2 is 1.93 bits per heavy atom. The summed E-state index contributed by atoms with van der Waals surface area (Å²) in [6.07, 6.45) is -1.67. The van der Waals surface area contributed by atoms with Gasteiger partial charge in [0.25, 0.3) is 0 Å². The van der Waals surface area contributed by atoms with E-state index < -0.39 is 24.5 Å². The van der Waals surface area contributed by atoms with Gasteiger partial charge in [0.2, 0.25) is 0 Å². The summed E-state index contributed by atoms with van der Waals surface area (Å²) in [6, 6.07) is 0. The molecule has 0 aromatic heterocycles. The van der Waals surface area contributed by atoms with Gasteiger partial charge >= 0.3 is 11.9 Å². The first-order valence-electron chi connectivity index (χ1n) is 3.52. The Morgan fingerprint density at radius 3 is 2.36 bits per heavy atom. The molecule has 0 aliphatic heterocycles. The lowest BCUT2D eigenvalue weighted by Gasteiger charge is -2.11. The predicted octanol–water partition coefficient (Wildman–Crippen LogP) is 0.148. The second-order valence-corrected chi connectivity index (χ2v) is 2.44. The molecule has 1 N–H and O–H groups in total. The molecule has 0 aromatic carbocycles. The van der Waals surface area contributed by atoms with Crippen LogP contribution in [0.5, 0.6) is 0 Å². The molecule has 0 saturated heterocycles. The summed E-state index contributed by atoms with van der Waals surface area (Å²) in [5.41, 5.74) is 0. The number of carbonyl (C=O) groups excluding carboxylic acids is 2. The third-order valence-electron chi connectivity index (χ3n) is 1.19.